The molecule has 0 bridgehead atoms. The molecule has 1 saturated heterocycles. The van der Waals surface area contributed by atoms with Gasteiger partial charge in [-0.25, -0.2) is 0 Å². The van der Waals surface area contributed by atoms with Crippen LogP contribution in [0.1, 0.15) is 6.42 Å². The fourth-order valence-electron chi connectivity index (χ4n) is 0.648. The van der Waals surface area contributed by atoms with Crippen LogP contribution in [-0.2, 0) is 4.79 Å². The van der Waals surface area contributed by atoms with E-state index < -0.39 is 0 Å². The van der Waals surface area contributed by atoms with Gasteiger partial charge in [0.15, 0.2) is 0 Å². The van der Waals surface area contributed by atoms with Gasteiger partial charge in [0.1, 0.15) is 6.29 Å². The highest BCUT2D eigenvalue weighted by Crippen LogP contribution is 2.28. The molecule has 3 heteroatoms. The molecule has 1 aliphatic heterocycles. The smallest absolute Gasteiger partial charge is 0.121 e. The van der Waals surface area contributed by atoms with Crippen LogP contribution in [0.3, 0.4) is 0 Å². The molecule has 0 spiro atoms. The third-order valence-corrected chi connectivity index (χ3v) is 2.83. The molecule has 0 aromatic carbocycles. The standard InChI is InChI=1S/C5H9NOS/c6-5(1-2-7)3-8-4-5/h2H,1,3-4,6H2. The van der Waals surface area contributed by atoms with E-state index in [-0.39, 0.29) is 5.54 Å². The number of thioether (sulfide) groups is 1. The zero-order valence-electron chi connectivity index (χ0n) is 4.59. The van der Waals surface area contributed by atoms with Gasteiger partial charge >= 0.3 is 0 Å². The average Bonchev–Trinajstić information content (AvgIpc) is 1.64. The second-order valence-corrected chi connectivity index (χ2v) is 3.21. The first-order valence-electron chi connectivity index (χ1n) is 2.57. The van der Waals surface area contributed by atoms with Gasteiger partial charge in [-0.05, 0) is 0 Å². The van der Waals surface area contributed by atoms with Gasteiger partial charge in [0.25, 0.3) is 0 Å². The summed E-state index contributed by atoms with van der Waals surface area (Å²) in [5, 5.41) is 0. The number of carbonyl (C=O) groups excluding carboxylic acids is 1. The van der Waals surface area contributed by atoms with Gasteiger partial charge in [0.05, 0.1) is 0 Å². The molecule has 1 heterocycles. The van der Waals surface area contributed by atoms with E-state index in [0.29, 0.717) is 6.42 Å². The molecule has 0 aliphatic carbocycles. The van der Waals surface area contributed by atoms with Crippen LogP contribution in [0, 0.1) is 0 Å². The highest BCUT2D eigenvalue weighted by molar-refractivity contribution is 8.00. The molecule has 0 amide bonds. The molecular weight excluding hydrogens is 122 g/mol. The van der Waals surface area contributed by atoms with E-state index in [0.717, 1.165) is 17.8 Å². The third kappa shape index (κ3) is 1.03. The molecule has 0 aromatic heterocycles. The Balaban J connectivity index is 2.29. The highest BCUT2D eigenvalue weighted by atomic mass is 32.2. The number of rotatable bonds is 2. The number of nitrogens with two attached hydrogens (primary N) is 1. The molecule has 8 heavy (non-hydrogen) atoms. The van der Waals surface area contributed by atoms with Crippen molar-refractivity contribution in [1.29, 1.82) is 0 Å². The average molecular weight is 131 g/mol. The number of hydrogen-bond donors (Lipinski definition) is 1. The number of carbonyl (C=O) groups is 1. The summed E-state index contributed by atoms with van der Waals surface area (Å²) in [4.78, 5) is 9.92. The maximum absolute atomic E-state index is 9.92. The molecular formula is C5H9NOS. The molecule has 0 unspecified atom stereocenters. The van der Waals surface area contributed by atoms with Gasteiger partial charge in [-0.2, -0.15) is 11.8 Å². The summed E-state index contributed by atoms with van der Waals surface area (Å²) < 4.78 is 0. The Kier molecular flexibility index (Phi) is 1.58. The molecule has 1 rings (SSSR count). The highest BCUT2D eigenvalue weighted by Gasteiger charge is 2.32. The van der Waals surface area contributed by atoms with E-state index in [4.69, 9.17) is 5.73 Å². The van der Waals surface area contributed by atoms with Crippen molar-refractivity contribution in [2.24, 2.45) is 5.73 Å². The van der Waals surface area contributed by atoms with E-state index >= 15 is 0 Å². The Labute approximate surface area is 52.8 Å². The number of aldehydes is 1. The van der Waals surface area contributed by atoms with Crippen molar-refractivity contribution < 1.29 is 4.79 Å². The Bertz CT molecular complexity index is 101. The van der Waals surface area contributed by atoms with Crippen molar-refractivity contribution in [3.8, 4) is 0 Å². The van der Waals surface area contributed by atoms with Crippen LogP contribution in [0.15, 0.2) is 0 Å². The summed E-state index contributed by atoms with van der Waals surface area (Å²) in [5.41, 5.74) is 5.53. The summed E-state index contributed by atoms with van der Waals surface area (Å²) >= 11 is 1.80. The van der Waals surface area contributed by atoms with Crippen LogP contribution in [0.5, 0.6) is 0 Å². The minimum atomic E-state index is -0.133. The minimum Gasteiger partial charge on any atom is -0.323 e. The maximum atomic E-state index is 9.92. The summed E-state index contributed by atoms with van der Waals surface area (Å²) in [6.45, 7) is 0. The zero-order chi connectivity index (χ0) is 6.04. The van der Waals surface area contributed by atoms with Gasteiger partial charge in [-0.1, -0.05) is 0 Å². The molecule has 2 nitrogen and oxygen atoms in total. The van der Waals surface area contributed by atoms with Crippen molar-refractivity contribution in [3.05, 3.63) is 0 Å². The van der Waals surface area contributed by atoms with Crippen LogP contribution >= 0.6 is 11.8 Å². The quantitative estimate of drug-likeness (QED) is 0.537. The Morgan fingerprint density at radius 3 is 2.50 bits per heavy atom. The topological polar surface area (TPSA) is 43.1 Å². The summed E-state index contributed by atoms with van der Waals surface area (Å²) in [6, 6.07) is 0. The molecule has 1 aliphatic rings. The normalized spacial score (nSPS) is 24.1. The van der Waals surface area contributed by atoms with Crippen molar-refractivity contribution in [3.63, 3.8) is 0 Å². The van der Waals surface area contributed by atoms with E-state index in [1.807, 2.05) is 0 Å². The van der Waals surface area contributed by atoms with Crippen LogP contribution in [0.2, 0.25) is 0 Å². The van der Waals surface area contributed by atoms with E-state index in [1.54, 1.807) is 11.8 Å². The van der Waals surface area contributed by atoms with Crippen LogP contribution in [-0.4, -0.2) is 23.3 Å². The SMILES string of the molecule is NC1(CC=O)CSC1. The lowest BCUT2D eigenvalue weighted by Crippen LogP contribution is -2.52. The van der Waals surface area contributed by atoms with Gasteiger partial charge in [0.2, 0.25) is 0 Å². The van der Waals surface area contributed by atoms with Gasteiger partial charge in [0, 0.05) is 23.5 Å². The molecule has 0 atom stereocenters. The summed E-state index contributed by atoms with van der Waals surface area (Å²) in [7, 11) is 0. The van der Waals surface area contributed by atoms with Gasteiger partial charge in [-0.3, -0.25) is 0 Å². The van der Waals surface area contributed by atoms with Crippen molar-refractivity contribution >= 4 is 18.0 Å². The van der Waals surface area contributed by atoms with Crippen molar-refractivity contribution in [1.82, 2.24) is 0 Å². The first-order chi connectivity index (χ1) is 3.77. The largest absolute Gasteiger partial charge is 0.323 e. The minimum absolute atomic E-state index is 0.133. The van der Waals surface area contributed by atoms with Crippen molar-refractivity contribution in [2.45, 2.75) is 12.0 Å². The Morgan fingerprint density at radius 1 is 1.75 bits per heavy atom. The predicted octanol–water partition coefficient (Wildman–Crippen LogP) is 0.0197. The van der Waals surface area contributed by atoms with E-state index in [2.05, 4.69) is 0 Å². The lowest BCUT2D eigenvalue weighted by Gasteiger charge is -2.35. The number of hydrogen-bond acceptors (Lipinski definition) is 3. The van der Waals surface area contributed by atoms with Gasteiger partial charge in [-0.15, -0.1) is 0 Å². The predicted molar refractivity (Wildman–Crippen MR) is 34.9 cm³/mol. The third-order valence-electron chi connectivity index (χ3n) is 1.27. The first kappa shape index (κ1) is 6.11. The van der Waals surface area contributed by atoms with Crippen LogP contribution < -0.4 is 5.73 Å². The molecule has 0 radical (unpaired) electrons. The summed E-state index contributed by atoms with van der Waals surface area (Å²) in [6.07, 6.45) is 1.43. The second kappa shape index (κ2) is 2.07. The van der Waals surface area contributed by atoms with E-state index in [1.165, 1.54) is 0 Å². The van der Waals surface area contributed by atoms with Gasteiger partial charge < -0.3 is 10.5 Å². The fourth-order valence-corrected chi connectivity index (χ4v) is 1.61. The first-order valence-corrected chi connectivity index (χ1v) is 3.73. The molecule has 1 fully saturated rings. The zero-order valence-corrected chi connectivity index (χ0v) is 5.41. The molecule has 2 N–H and O–H groups in total. The Morgan fingerprint density at radius 2 is 2.38 bits per heavy atom. The van der Waals surface area contributed by atoms with Crippen LogP contribution in [0.4, 0.5) is 0 Å². The second-order valence-electron chi connectivity index (χ2n) is 2.23. The maximum Gasteiger partial charge on any atom is 0.121 e. The lowest BCUT2D eigenvalue weighted by atomic mass is 10.0. The summed E-state index contributed by atoms with van der Waals surface area (Å²) in [5.74, 6) is 1.90. The van der Waals surface area contributed by atoms with E-state index in [9.17, 15) is 4.79 Å². The lowest BCUT2D eigenvalue weighted by molar-refractivity contribution is -0.108. The van der Waals surface area contributed by atoms with Crippen molar-refractivity contribution in [2.75, 3.05) is 11.5 Å². The monoisotopic (exact) mass is 131 g/mol. The molecule has 0 saturated carbocycles. The fraction of sp³-hybridized carbons (Fsp3) is 0.800. The molecule has 0 aromatic rings. The van der Waals surface area contributed by atoms with Crippen LogP contribution in [0.25, 0.3) is 0 Å². The molecule has 46 valence electrons. The Hall–Kier alpha value is -0.0200.